The first-order valence-corrected chi connectivity index (χ1v) is 21.8. The van der Waals surface area contributed by atoms with Gasteiger partial charge in [0.15, 0.2) is 0 Å². The van der Waals surface area contributed by atoms with Crippen LogP contribution in [0.2, 0.25) is 0 Å². The Labute approximate surface area is 307 Å². The van der Waals surface area contributed by atoms with Gasteiger partial charge in [-0.05, 0) is 123 Å². The minimum absolute atomic E-state index is 0.430. The summed E-state index contributed by atoms with van der Waals surface area (Å²) in [5, 5.41) is 13.8. The molecule has 2 aliphatic rings. The average molecular weight is 699 g/mol. The molecule has 0 N–H and O–H groups in total. The van der Waals surface area contributed by atoms with E-state index in [2.05, 4.69) is 170 Å². The van der Waals surface area contributed by atoms with E-state index in [1.54, 1.807) is 0 Å². The number of hydrogen-bond acceptors (Lipinski definition) is 0. The van der Waals surface area contributed by atoms with Crippen molar-refractivity contribution in [2.24, 2.45) is 0 Å². The first-order valence-electron chi connectivity index (χ1n) is 18.4. The van der Waals surface area contributed by atoms with E-state index in [9.17, 15) is 0 Å². The van der Waals surface area contributed by atoms with Gasteiger partial charge in [0.1, 0.15) is 0 Å². The predicted molar refractivity (Wildman–Crippen MR) is 228 cm³/mol. The summed E-state index contributed by atoms with van der Waals surface area (Å²) in [5.74, 6) is 0. The highest BCUT2D eigenvalue weighted by Crippen LogP contribution is 2.54. The molecule has 0 aromatic heterocycles. The summed E-state index contributed by atoms with van der Waals surface area (Å²) in [5.41, 5.74) is 11.8. The van der Waals surface area contributed by atoms with Gasteiger partial charge in [-0.1, -0.05) is 186 Å². The Kier molecular flexibility index (Phi) is 7.18. The van der Waals surface area contributed by atoms with Crippen molar-refractivity contribution in [3.8, 4) is 22.3 Å². The molecule has 2 heterocycles. The SMILES string of the molecule is c1ccc2c3c(ccc2c1)CP(c1ccc(P2Cc4ccc5ccccc5c4-c4c(ccc5ccccc45)C2)cc1)Cc1ccc2ccccc2c1-3. The quantitative estimate of drug-likeness (QED) is 0.158. The van der Waals surface area contributed by atoms with Crippen LogP contribution < -0.4 is 10.6 Å². The molecule has 0 amide bonds. The van der Waals surface area contributed by atoms with Gasteiger partial charge in [-0.25, -0.2) is 0 Å². The van der Waals surface area contributed by atoms with Crippen LogP contribution in [0.1, 0.15) is 22.3 Å². The highest BCUT2D eigenvalue weighted by atomic mass is 31.1. The molecular formula is C50H36P2. The van der Waals surface area contributed by atoms with Crippen molar-refractivity contribution in [3.63, 3.8) is 0 Å². The first-order chi connectivity index (χ1) is 25.8. The summed E-state index contributed by atoms with van der Waals surface area (Å²) in [6.07, 6.45) is 4.42. The van der Waals surface area contributed by atoms with Crippen molar-refractivity contribution in [2.75, 3.05) is 0 Å². The van der Waals surface area contributed by atoms with Crippen LogP contribution in [0, 0.1) is 0 Å². The average Bonchev–Trinajstić information content (AvgIpc) is 3.50. The molecule has 0 saturated heterocycles. The Hall–Kier alpha value is -5.12. The summed E-state index contributed by atoms with van der Waals surface area (Å²) in [4.78, 5) is 0. The molecule has 11 rings (SSSR count). The molecule has 0 unspecified atom stereocenters. The van der Waals surface area contributed by atoms with Crippen LogP contribution >= 0.6 is 15.8 Å². The molecule has 0 atom stereocenters. The molecule has 0 bridgehead atoms. The minimum Gasteiger partial charge on any atom is -0.0663 e. The number of rotatable bonds is 2. The van der Waals surface area contributed by atoms with E-state index < -0.39 is 15.8 Å². The fourth-order valence-electron chi connectivity index (χ4n) is 9.15. The molecule has 0 spiro atoms. The van der Waals surface area contributed by atoms with Crippen LogP contribution in [-0.2, 0) is 24.6 Å². The topological polar surface area (TPSA) is 0 Å². The molecule has 246 valence electrons. The highest BCUT2D eigenvalue weighted by Gasteiger charge is 2.28. The summed E-state index contributed by atoms with van der Waals surface area (Å²) in [7, 11) is -0.859. The highest BCUT2D eigenvalue weighted by molar-refractivity contribution is 7.65. The Balaban J connectivity index is 1.01. The van der Waals surface area contributed by atoms with Crippen molar-refractivity contribution in [2.45, 2.75) is 24.6 Å². The van der Waals surface area contributed by atoms with Crippen LogP contribution in [0.3, 0.4) is 0 Å². The lowest BCUT2D eigenvalue weighted by Crippen LogP contribution is -2.10. The second kappa shape index (κ2) is 12.2. The van der Waals surface area contributed by atoms with Gasteiger partial charge in [-0.15, -0.1) is 0 Å². The molecule has 0 saturated carbocycles. The fraction of sp³-hybridized carbons (Fsp3) is 0.0800. The van der Waals surface area contributed by atoms with Crippen molar-refractivity contribution in [1.82, 2.24) is 0 Å². The molecule has 2 aliphatic heterocycles. The third-order valence-electron chi connectivity index (χ3n) is 11.6. The summed E-state index contributed by atoms with van der Waals surface area (Å²) in [6.45, 7) is 0. The van der Waals surface area contributed by atoms with Crippen LogP contribution in [0.15, 0.2) is 170 Å². The molecule has 52 heavy (non-hydrogen) atoms. The van der Waals surface area contributed by atoms with Crippen molar-refractivity contribution >= 4 is 69.5 Å². The summed E-state index contributed by atoms with van der Waals surface area (Å²) >= 11 is 0. The van der Waals surface area contributed by atoms with E-state index in [4.69, 9.17) is 0 Å². The van der Waals surface area contributed by atoms with E-state index in [0.29, 0.717) is 0 Å². The standard InChI is InChI=1S/C50H36P2/c1-5-13-43-33(9-1)17-21-37-29-51(30-38-22-18-34-10-2-6-14-44(34)48(38)47(37)43)41-25-27-42(28-26-41)52-31-39-23-19-35-11-3-7-15-45(35)49(39)50-40(32-52)24-20-36-12-4-8-16-46(36)50/h1-28H,29-32H2. The molecule has 9 aromatic rings. The monoisotopic (exact) mass is 698 g/mol. The van der Waals surface area contributed by atoms with Gasteiger partial charge in [0.25, 0.3) is 0 Å². The van der Waals surface area contributed by atoms with E-state index >= 15 is 0 Å². The fourth-order valence-corrected chi connectivity index (χ4v) is 13.9. The van der Waals surface area contributed by atoms with Crippen molar-refractivity contribution in [3.05, 3.63) is 192 Å². The maximum absolute atomic E-state index is 2.50. The van der Waals surface area contributed by atoms with Crippen LogP contribution in [0.4, 0.5) is 0 Å². The number of hydrogen-bond donors (Lipinski definition) is 0. The minimum atomic E-state index is -0.430. The van der Waals surface area contributed by atoms with Gasteiger partial charge < -0.3 is 0 Å². The molecular weight excluding hydrogens is 662 g/mol. The third-order valence-corrected chi connectivity index (χ3v) is 16.5. The van der Waals surface area contributed by atoms with Gasteiger partial charge >= 0.3 is 0 Å². The van der Waals surface area contributed by atoms with Crippen LogP contribution in [0.5, 0.6) is 0 Å². The number of benzene rings is 9. The second-order valence-corrected chi connectivity index (χ2v) is 19.0. The van der Waals surface area contributed by atoms with E-state index in [1.165, 1.54) is 98.2 Å². The predicted octanol–water partition coefficient (Wildman–Crippen LogP) is 13.3. The summed E-state index contributed by atoms with van der Waals surface area (Å²) in [6, 6.07) is 65.0. The van der Waals surface area contributed by atoms with Gasteiger partial charge in [0.2, 0.25) is 0 Å². The molecule has 9 aromatic carbocycles. The van der Waals surface area contributed by atoms with Crippen LogP contribution in [-0.4, -0.2) is 0 Å². The van der Waals surface area contributed by atoms with Crippen molar-refractivity contribution < 1.29 is 0 Å². The van der Waals surface area contributed by atoms with Crippen molar-refractivity contribution in [1.29, 1.82) is 0 Å². The molecule has 0 nitrogen and oxygen atoms in total. The molecule has 0 radical (unpaired) electrons. The molecule has 0 aliphatic carbocycles. The normalized spacial score (nSPS) is 14.5. The zero-order valence-corrected chi connectivity index (χ0v) is 30.7. The largest absolute Gasteiger partial charge is 0.0663 e. The van der Waals surface area contributed by atoms with Gasteiger partial charge in [-0.3, -0.25) is 0 Å². The Bertz CT molecular complexity index is 2490. The Morgan fingerprint density at radius 1 is 0.250 bits per heavy atom. The molecule has 0 fully saturated rings. The Morgan fingerprint density at radius 2 is 0.500 bits per heavy atom. The zero-order chi connectivity index (χ0) is 34.2. The lowest BCUT2D eigenvalue weighted by molar-refractivity contribution is 1.39. The lowest BCUT2D eigenvalue weighted by atomic mass is 9.88. The summed E-state index contributed by atoms with van der Waals surface area (Å²) < 4.78 is 0. The van der Waals surface area contributed by atoms with E-state index in [0.717, 1.165) is 24.6 Å². The number of fused-ring (bicyclic) bond motifs is 14. The first kappa shape index (κ1) is 30.5. The van der Waals surface area contributed by atoms with E-state index in [-0.39, 0.29) is 0 Å². The van der Waals surface area contributed by atoms with Crippen LogP contribution in [0.25, 0.3) is 65.3 Å². The van der Waals surface area contributed by atoms with E-state index in [1.807, 2.05) is 0 Å². The second-order valence-electron chi connectivity index (χ2n) is 14.5. The maximum atomic E-state index is 2.50. The van der Waals surface area contributed by atoms with Gasteiger partial charge in [-0.2, -0.15) is 0 Å². The molecule has 2 heteroatoms. The Morgan fingerprint density at radius 3 is 0.769 bits per heavy atom. The lowest BCUT2D eigenvalue weighted by Gasteiger charge is -2.20. The third kappa shape index (κ3) is 4.89. The smallest absolute Gasteiger partial charge is 0.00234 e. The van der Waals surface area contributed by atoms with Gasteiger partial charge in [0.05, 0.1) is 0 Å². The van der Waals surface area contributed by atoms with Gasteiger partial charge in [0, 0.05) is 0 Å². The zero-order valence-electron chi connectivity index (χ0n) is 28.9. The maximum Gasteiger partial charge on any atom is -0.00234 e.